The van der Waals surface area contributed by atoms with Crippen LogP contribution in [0.5, 0.6) is 0 Å². The van der Waals surface area contributed by atoms with Crippen LogP contribution in [0.15, 0.2) is 72.2 Å². The van der Waals surface area contributed by atoms with E-state index >= 15 is 0 Å². The zero-order valence-corrected chi connectivity index (χ0v) is 17.4. The summed E-state index contributed by atoms with van der Waals surface area (Å²) in [6, 6.07) is 14.4. The van der Waals surface area contributed by atoms with Gasteiger partial charge in [0.25, 0.3) is 11.5 Å². The quantitative estimate of drug-likeness (QED) is 0.389. The molecule has 1 amide bonds. The van der Waals surface area contributed by atoms with Crippen LogP contribution < -0.4 is 16.4 Å². The van der Waals surface area contributed by atoms with Crippen LogP contribution in [0.25, 0.3) is 16.7 Å². The third-order valence-corrected chi connectivity index (χ3v) is 5.34. The first-order chi connectivity index (χ1) is 14.9. The maximum atomic E-state index is 13.2. The molecule has 4 aromatic rings. The zero-order chi connectivity index (χ0) is 22.1. The molecule has 0 spiro atoms. The fourth-order valence-electron chi connectivity index (χ4n) is 3.68. The number of aryl methyl sites for hydroxylation is 1. The van der Waals surface area contributed by atoms with Gasteiger partial charge in [0.2, 0.25) is 0 Å². The van der Waals surface area contributed by atoms with E-state index in [1.165, 1.54) is 15.0 Å². The number of nitrogens with zero attached hydrogens (tertiary/aromatic N) is 3. The van der Waals surface area contributed by atoms with Crippen molar-refractivity contribution in [2.24, 2.45) is 0 Å². The second kappa shape index (κ2) is 8.02. The van der Waals surface area contributed by atoms with E-state index < -0.39 is 5.91 Å². The molecule has 0 saturated carbocycles. The second-order valence-electron chi connectivity index (χ2n) is 7.45. The maximum Gasteiger partial charge on any atom is 0.267 e. The summed E-state index contributed by atoms with van der Waals surface area (Å²) in [5.74, 6) is -0.421. The molecule has 0 saturated heterocycles. The minimum absolute atomic E-state index is 0.0185. The molecule has 0 aliphatic heterocycles. The van der Waals surface area contributed by atoms with Crippen LogP contribution in [0, 0.1) is 12.3 Å². The lowest BCUT2D eigenvalue weighted by atomic mass is 10.1. The Hall–Kier alpha value is -4.00. The molecule has 2 N–H and O–H groups in total. The molecular formula is C24H23N5O2. The molecule has 0 unspecified atom stereocenters. The van der Waals surface area contributed by atoms with Crippen molar-refractivity contribution in [3.63, 3.8) is 0 Å². The number of fused-ring (bicyclic) bond motifs is 2. The molecule has 31 heavy (non-hydrogen) atoms. The molecule has 0 radical (unpaired) electrons. The van der Waals surface area contributed by atoms with E-state index in [-0.39, 0.29) is 34.6 Å². The van der Waals surface area contributed by atoms with Gasteiger partial charge in [0.1, 0.15) is 16.8 Å². The Kier molecular flexibility index (Phi) is 5.25. The van der Waals surface area contributed by atoms with Crippen LogP contribution in [-0.4, -0.2) is 19.9 Å². The Morgan fingerprint density at radius 1 is 1.23 bits per heavy atom. The lowest BCUT2D eigenvalue weighted by Crippen LogP contribution is -2.35. The molecule has 7 nitrogen and oxygen atoms in total. The minimum atomic E-state index is -0.421. The summed E-state index contributed by atoms with van der Waals surface area (Å²) in [6.45, 7) is 7.75. The Bertz CT molecular complexity index is 1430. The number of amides is 1. The van der Waals surface area contributed by atoms with Gasteiger partial charge < -0.3 is 9.88 Å². The maximum absolute atomic E-state index is 13.2. The molecule has 0 aliphatic rings. The third-order valence-electron chi connectivity index (χ3n) is 5.34. The fraction of sp³-hybridized carbons (Fsp3) is 0.167. The number of aromatic nitrogens is 3. The summed E-state index contributed by atoms with van der Waals surface area (Å²) in [7, 11) is 0. The Morgan fingerprint density at radius 2 is 1.97 bits per heavy atom. The van der Waals surface area contributed by atoms with Crippen molar-refractivity contribution in [3.8, 4) is 0 Å². The summed E-state index contributed by atoms with van der Waals surface area (Å²) >= 11 is 0. The van der Waals surface area contributed by atoms with Crippen molar-refractivity contribution in [3.05, 3.63) is 99.9 Å². The normalized spacial score (nSPS) is 12.1. The number of carbonyl (C=O) groups is 1. The van der Waals surface area contributed by atoms with Crippen molar-refractivity contribution in [1.29, 1.82) is 5.41 Å². The molecule has 3 aromatic heterocycles. The number of hydrogen-bond donors (Lipinski definition) is 2. The topological polar surface area (TPSA) is 92.2 Å². The summed E-state index contributed by atoms with van der Waals surface area (Å²) < 4.78 is 3.01. The molecule has 0 fully saturated rings. The molecule has 0 bridgehead atoms. The Labute approximate surface area is 178 Å². The molecule has 1 atom stereocenters. The highest BCUT2D eigenvalue weighted by Crippen LogP contribution is 2.15. The molecular weight excluding hydrogens is 390 g/mol. The van der Waals surface area contributed by atoms with E-state index in [1.54, 1.807) is 18.3 Å². The smallest absolute Gasteiger partial charge is 0.267 e. The number of nitrogens with one attached hydrogen (secondary N) is 2. The predicted octanol–water partition coefficient (Wildman–Crippen LogP) is 3.11. The van der Waals surface area contributed by atoms with Crippen LogP contribution in [0.4, 0.5) is 0 Å². The number of rotatable bonds is 5. The molecule has 4 rings (SSSR count). The van der Waals surface area contributed by atoms with E-state index in [4.69, 9.17) is 5.41 Å². The SMILES string of the molecule is C=CCn1c(=N)c(C(=O)N[C@H](C)c2ccccc2)cc2c(=O)n3cccc(C)c3nc21. The van der Waals surface area contributed by atoms with Gasteiger partial charge in [-0.1, -0.05) is 42.5 Å². The highest BCUT2D eigenvalue weighted by atomic mass is 16.2. The number of carbonyl (C=O) groups excluding carboxylic acids is 1. The first-order valence-corrected chi connectivity index (χ1v) is 9.99. The number of hydrogen-bond acceptors (Lipinski definition) is 4. The van der Waals surface area contributed by atoms with Gasteiger partial charge >= 0.3 is 0 Å². The predicted molar refractivity (Wildman–Crippen MR) is 120 cm³/mol. The van der Waals surface area contributed by atoms with Gasteiger partial charge in [-0.3, -0.25) is 19.4 Å². The summed E-state index contributed by atoms with van der Waals surface area (Å²) in [5, 5.41) is 11.9. The fourth-order valence-corrected chi connectivity index (χ4v) is 3.68. The van der Waals surface area contributed by atoms with Gasteiger partial charge in [-0.05, 0) is 37.1 Å². The second-order valence-corrected chi connectivity index (χ2v) is 7.45. The van der Waals surface area contributed by atoms with Gasteiger partial charge in [0.15, 0.2) is 0 Å². The molecule has 0 aliphatic carbocycles. The van der Waals surface area contributed by atoms with Gasteiger partial charge in [0.05, 0.1) is 17.0 Å². The highest BCUT2D eigenvalue weighted by Gasteiger charge is 2.19. The van der Waals surface area contributed by atoms with Crippen LogP contribution in [0.2, 0.25) is 0 Å². The molecule has 3 heterocycles. The average molecular weight is 413 g/mol. The first kappa shape index (κ1) is 20.3. The van der Waals surface area contributed by atoms with Crippen molar-refractivity contribution >= 4 is 22.6 Å². The molecule has 7 heteroatoms. The van der Waals surface area contributed by atoms with Crippen LogP contribution in [0.1, 0.15) is 34.5 Å². The summed E-state index contributed by atoms with van der Waals surface area (Å²) in [5.41, 5.74) is 2.48. The molecule has 156 valence electrons. The largest absolute Gasteiger partial charge is 0.345 e. The van der Waals surface area contributed by atoms with E-state index in [0.717, 1.165) is 11.1 Å². The Balaban J connectivity index is 1.91. The molecule has 1 aromatic carbocycles. The van der Waals surface area contributed by atoms with Crippen LogP contribution in [0.3, 0.4) is 0 Å². The number of benzene rings is 1. The van der Waals surface area contributed by atoms with Crippen LogP contribution >= 0.6 is 0 Å². The lowest BCUT2D eigenvalue weighted by Gasteiger charge is -2.17. The van der Waals surface area contributed by atoms with Gasteiger partial charge in [-0.15, -0.1) is 6.58 Å². The Morgan fingerprint density at radius 3 is 2.68 bits per heavy atom. The summed E-state index contributed by atoms with van der Waals surface area (Å²) in [4.78, 5) is 30.9. The average Bonchev–Trinajstić information content (AvgIpc) is 2.77. The van der Waals surface area contributed by atoms with Crippen LogP contribution in [-0.2, 0) is 6.54 Å². The first-order valence-electron chi connectivity index (χ1n) is 9.99. The van der Waals surface area contributed by atoms with Crippen molar-refractivity contribution in [2.45, 2.75) is 26.4 Å². The van der Waals surface area contributed by atoms with Gasteiger partial charge in [-0.25, -0.2) is 4.98 Å². The van der Waals surface area contributed by atoms with Gasteiger partial charge in [-0.2, -0.15) is 0 Å². The van der Waals surface area contributed by atoms with Crippen molar-refractivity contribution in [2.75, 3.05) is 0 Å². The van der Waals surface area contributed by atoms with E-state index in [0.29, 0.717) is 11.3 Å². The monoisotopic (exact) mass is 413 g/mol. The lowest BCUT2D eigenvalue weighted by molar-refractivity contribution is 0.0937. The van der Waals surface area contributed by atoms with Gasteiger partial charge in [0, 0.05) is 12.7 Å². The van der Waals surface area contributed by atoms with E-state index in [2.05, 4.69) is 16.9 Å². The van der Waals surface area contributed by atoms with Crippen molar-refractivity contribution < 1.29 is 4.79 Å². The van der Waals surface area contributed by atoms with E-state index in [9.17, 15) is 9.59 Å². The third kappa shape index (κ3) is 3.54. The number of pyridine rings is 2. The zero-order valence-electron chi connectivity index (χ0n) is 17.4. The standard InChI is InChI=1S/C24H23N5O2/c1-4-12-28-20(25)18(23(30)26-16(3)17-10-6-5-7-11-17)14-19-22(28)27-21-15(2)9-8-13-29(21)24(19)31/h4-11,13-14,16,25H,1,12H2,2-3H3,(H,26,30)/t16-/m1/s1. The highest BCUT2D eigenvalue weighted by molar-refractivity contribution is 5.97. The van der Waals surface area contributed by atoms with E-state index in [1.807, 2.05) is 50.2 Å². The number of allylic oxidation sites excluding steroid dienone is 1. The summed E-state index contributed by atoms with van der Waals surface area (Å²) in [6.07, 6.45) is 3.27. The van der Waals surface area contributed by atoms with Crippen molar-refractivity contribution in [1.82, 2.24) is 19.3 Å². The minimum Gasteiger partial charge on any atom is -0.345 e.